The van der Waals surface area contributed by atoms with Gasteiger partial charge in [-0.25, -0.2) is 0 Å². The number of carbonyl (C=O) groups excluding carboxylic acids is 1. The van der Waals surface area contributed by atoms with E-state index in [0.717, 1.165) is 56.0 Å². The van der Waals surface area contributed by atoms with Crippen LogP contribution < -0.4 is 5.32 Å². The number of quaternary nitrogens is 1. The molecule has 1 aromatic rings. The molecule has 286 valence electrons. The average Bonchev–Trinajstić information content (AvgIpc) is 3.45. The lowest BCUT2D eigenvalue weighted by molar-refractivity contribution is -0.903. The van der Waals surface area contributed by atoms with Gasteiger partial charge in [0.2, 0.25) is 5.91 Å². The zero-order valence-electron chi connectivity index (χ0n) is 34.0. The minimum absolute atomic E-state index is 0.0332. The molecule has 0 spiro atoms. The maximum absolute atomic E-state index is 13.9. The summed E-state index contributed by atoms with van der Waals surface area (Å²) in [6.45, 7) is 25.1. The van der Waals surface area contributed by atoms with Gasteiger partial charge in [0, 0.05) is 5.56 Å². The molecule has 6 rings (SSSR count). The predicted octanol–water partition coefficient (Wildman–Crippen LogP) is 9.27. The van der Waals surface area contributed by atoms with Crippen LogP contribution in [0.3, 0.4) is 0 Å². The van der Waals surface area contributed by atoms with Crippen molar-refractivity contribution in [2.45, 2.75) is 145 Å². The minimum atomic E-state index is -0.972. The van der Waals surface area contributed by atoms with Gasteiger partial charge in [0.05, 0.1) is 32.2 Å². The van der Waals surface area contributed by atoms with Crippen LogP contribution in [0.15, 0.2) is 42.5 Å². The highest BCUT2D eigenvalue weighted by Crippen LogP contribution is 2.77. The van der Waals surface area contributed by atoms with Crippen LogP contribution in [0, 0.1) is 56.7 Å². The van der Waals surface area contributed by atoms with Gasteiger partial charge in [-0.05, 0) is 136 Å². The molecule has 0 aromatic heterocycles. The molecule has 0 heterocycles. The SMILES string of the molecule is C=C(C)[C@@H]1CC[C@]2(C(=O)N[C@H](C)C(=O)O)CC[C@]3(C)C(CCC4[C@@]5(C)CC[C@H](O)C(C)(C)C5CC[C@]43C)C12.CCC[N+](C)(C)Cc1ccccc1. The fraction of sp³-hybridized carbons (Fsp3) is 0.778. The summed E-state index contributed by atoms with van der Waals surface area (Å²) in [5, 5.41) is 23.4. The lowest BCUT2D eigenvalue weighted by Crippen LogP contribution is -2.67. The van der Waals surface area contributed by atoms with Crippen molar-refractivity contribution in [3.05, 3.63) is 48.0 Å². The Balaban J connectivity index is 0.000000328. The zero-order chi connectivity index (χ0) is 37.8. The Morgan fingerprint density at radius 3 is 2.18 bits per heavy atom. The van der Waals surface area contributed by atoms with Crippen LogP contribution in [0.5, 0.6) is 0 Å². The van der Waals surface area contributed by atoms with Gasteiger partial charge in [0.1, 0.15) is 12.6 Å². The van der Waals surface area contributed by atoms with Crippen LogP contribution in [0.2, 0.25) is 0 Å². The normalized spacial score (nSPS) is 40.2. The summed E-state index contributed by atoms with van der Waals surface area (Å²) in [5.41, 5.74) is 2.64. The van der Waals surface area contributed by atoms with Crippen molar-refractivity contribution in [2.75, 3.05) is 20.6 Å². The zero-order valence-corrected chi connectivity index (χ0v) is 34.0. The molecule has 0 radical (unpaired) electrons. The molecule has 51 heavy (non-hydrogen) atoms. The number of hydrogen-bond acceptors (Lipinski definition) is 3. The summed E-state index contributed by atoms with van der Waals surface area (Å²) in [6, 6.07) is 9.83. The standard InChI is InChI=1S/C33H53NO4.C12H20N/c1-19(2)21-11-16-33(28(38)34-20(3)27(36)37)18-17-31(7)22(26(21)33)9-10-24-30(6)14-13-25(35)29(4,5)23(30)12-15-32(24,31)8;1-4-10-13(2,3)11-12-8-6-5-7-9-12/h20-26,35H,1,9-18H2,2-8H3,(H,34,38)(H,36,37);5-9H,4,10-11H2,1-3H3/q;+1/t20-,21+,22?,23?,24?,25+,26?,30+,31-,32-,33+;/m1./s1. The molecular weight excluding hydrogens is 633 g/mol. The van der Waals surface area contributed by atoms with Gasteiger partial charge in [-0.2, -0.15) is 0 Å². The van der Waals surface area contributed by atoms with Crippen LogP contribution in [0.4, 0.5) is 0 Å². The summed E-state index contributed by atoms with van der Waals surface area (Å²) in [5.74, 6) is 1.15. The molecule has 0 saturated heterocycles. The second-order valence-corrected chi connectivity index (χ2v) is 20.1. The van der Waals surface area contributed by atoms with Gasteiger partial charge in [0.15, 0.2) is 0 Å². The van der Waals surface area contributed by atoms with Crippen LogP contribution in [0.1, 0.15) is 132 Å². The topological polar surface area (TPSA) is 86.6 Å². The van der Waals surface area contributed by atoms with E-state index in [4.69, 9.17) is 0 Å². The van der Waals surface area contributed by atoms with Crippen molar-refractivity contribution in [3.8, 4) is 0 Å². The fourth-order valence-corrected chi connectivity index (χ4v) is 13.7. The highest BCUT2D eigenvalue weighted by atomic mass is 16.4. The van der Waals surface area contributed by atoms with E-state index in [1.165, 1.54) is 43.4 Å². The van der Waals surface area contributed by atoms with Crippen molar-refractivity contribution in [3.63, 3.8) is 0 Å². The third kappa shape index (κ3) is 6.77. The molecule has 4 unspecified atom stereocenters. The third-order valence-corrected chi connectivity index (χ3v) is 16.5. The molecule has 6 heteroatoms. The summed E-state index contributed by atoms with van der Waals surface area (Å²) in [6.07, 6.45) is 11.4. The summed E-state index contributed by atoms with van der Waals surface area (Å²) < 4.78 is 1.08. The van der Waals surface area contributed by atoms with Gasteiger partial charge in [-0.15, -0.1) is 0 Å². The number of aliphatic carboxylic acids is 1. The van der Waals surface area contributed by atoms with E-state index in [9.17, 15) is 19.8 Å². The first kappa shape index (κ1) is 40.0. The van der Waals surface area contributed by atoms with Gasteiger partial charge in [-0.3, -0.25) is 9.59 Å². The number of aliphatic hydroxyl groups is 1. The molecule has 6 nitrogen and oxygen atoms in total. The number of fused-ring (bicyclic) bond motifs is 7. The number of nitrogens with zero attached hydrogens (tertiary/aromatic N) is 1. The van der Waals surface area contributed by atoms with Crippen LogP contribution in [-0.4, -0.2) is 59.4 Å². The first-order valence-electron chi connectivity index (χ1n) is 20.4. The van der Waals surface area contributed by atoms with Gasteiger partial charge in [0.25, 0.3) is 0 Å². The molecule has 0 aliphatic heterocycles. The van der Waals surface area contributed by atoms with E-state index < -0.39 is 17.4 Å². The van der Waals surface area contributed by atoms with E-state index in [-0.39, 0.29) is 39.6 Å². The van der Waals surface area contributed by atoms with Gasteiger partial charge in [-0.1, -0.05) is 84.0 Å². The predicted molar refractivity (Wildman–Crippen MR) is 208 cm³/mol. The van der Waals surface area contributed by atoms with Crippen molar-refractivity contribution in [1.29, 1.82) is 0 Å². The highest BCUT2D eigenvalue weighted by Gasteiger charge is 2.71. The molecule has 11 atom stereocenters. The lowest BCUT2D eigenvalue weighted by atomic mass is 9.32. The molecule has 3 N–H and O–H groups in total. The Morgan fingerprint density at radius 2 is 1.57 bits per heavy atom. The van der Waals surface area contributed by atoms with Crippen molar-refractivity contribution >= 4 is 11.9 Å². The minimum Gasteiger partial charge on any atom is -0.480 e. The fourth-order valence-electron chi connectivity index (χ4n) is 13.7. The largest absolute Gasteiger partial charge is 0.480 e. The molecule has 0 bridgehead atoms. The Morgan fingerprint density at radius 1 is 0.902 bits per heavy atom. The van der Waals surface area contributed by atoms with Crippen LogP contribution >= 0.6 is 0 Å². The van der Waals surface area contributed by atoms with Crippen molar-refractivity contribution in [2.24, 2.45) is 56.7 Å². The highest BCUT2D eigenvalue weighted by molar-refractivity contribution is 5.88. The maximum atomic E-state index is 13.9. The second kappa shape index (κ2) is 14.2. The van der Waals surface area contributed by atoms with E-state index >= 15 is 0 Å². The lowest BCUT2D eigenvalue weighted by Gasteiger charge is -2.72. The maximum Gasteiger partial charge on any atom is 0.325 e. The van der Waals surface area contributed by atoms with E-state index in [1.54, 1.807) is 6.92 Å². The van der Waals surface area contributed by atoms with Crippen LogP contribution in [0.25, 0.3) is 0 Å². The summed E-state index contributed by atoms with van der Waals surface area (Å²) >= 11 is 0. The molecular formula is C45H73N2O4+. The smallest absolute Gasteiger partial charge is 0.325 e. The number of rotatable bonds is 8. The van der Waals surface area contributed by atoms with Gasteiger partial charge >= 0.3 is 5.97 Å². The number of hydrogen-bond donors (Lipinski definition) is 3. The number of nitrogens with one attached hydrogen (secondary N) is 1. The van der Waals surface area contributed by atoms with E-state index in [2.05, 4.69) is 105 Å². The number of carbonyl (C=O) groups is 2. The number of allylic oxidation sites excluding steroid dienone is 1. The monoisotopic (exact) mass is 706 g/mol. The van der Waals surface area contributed by atoms with Crippen molar-refractivity contribution < 1.29 is 24.3 Å². The second-order valence-electron chi connectivity index (χ2n) is 20.1. The van der Waals surface area contributed by atoms with E-state index in [1.807, 2.05) is 0 Å². The third-order valence-electron chi connectivity index (χ3n) is 16.5. The Labute approximate surface area is 310 Å². The van der Waals surface area contributed by atoms with E-state index in [0.29, 0.717) is 23.7 Å². The number of amides is 1. The number of aliphatic hydroxyl groups excluding tert-OH is 1. The Kier molecular flexibility index (Phi) is 11.2. The number of carboxylic acids is 1. The average molecular weight is 706 g/mol. The number of carboxylic acid groups (broad SMARTS) is 1. The first-order valence-corrected chi connectivity index (χ1v) is 20.4. The number of benzene rings is 1. The van der Waals surface area contributed by atoms with Crippen molar-refractivity contribution in [1.82, 2.24) is 5.32 Å². The molecule has 1 amide bonds. The summed E-state index contributed by atoms with van der Waals surface area (Å²) in [7, 11) is 4.58. The molecule has 1 aromatic carbocycles. The summed E-state index contributed by atoms with van der Waals surface area (Å²) in [4.78, 5) is 25.6. The molecule has 5 aliphatic carbocycles. The quantitative estimate of drug-likeness (QED) is 0.186. The Hall–Kier alpha value is -2.18. The Bertz CT molecular complexity index is 1440. The van der Waals surface area contributed by atoms with Gasteiger partial charge < -0.3 is 20.0 Å². The molecule has 5 fully saturated rings. The molecule has 5 saturated carbocycles. The first-order chi connectivity index (χ1) is 23.7. The molecule has 5 aliphatic rings. The van der Waals surface area contributed by atoms with Crippen LogP contribution in [-0.2, 0) is 16.1 Å².